The maximum atomic E-state index is 13.3. The van der Waals surface area contributed by atoms with Crippen LogP contribution in [0.25, 0.3) is 0 Å². The third-order valence-corrected chi connectivity index (χ3v) is 2.67. The molecule has 20 heavy (non-hydrogen) atoms. The number of hydrogen-bond donors (Lipinski definition) is 2. The number of hydrogen-bond acceptors (Lipinski definition) is 2. The van der Waals surface area contributed by atoms with E-state index < -0.39 is 11.8 Å². The van der Waals surface area contributed by atoms with Crippen LogP contribution in [-0.4, -0.2) is 12.2 Å². The number of hydrazone groups is 1. The molecule has 2 N–H and O–H groups in total. The van der Waals surface area contributed by atoms with Gasteiger partial charge in [0.25, 0.3) is 0 Å². The second kappa shape index (κ2) is 6.47. The zero-order valence-corrected chi connectivity index (χ0v) is 10.9. The van der Waals surface area contributed by atoms with Crippen molar-refractivity contribution in [1.82, 2.24) is 5.43 Å². The molecule has 0 radical (unpaired) electrons. The molecule has 2 aromatic rings. The molecule has 102 valence electrons. The molecule has 2 rings (SSSR count). The van der Waals surface area contributed by atoms with Gasteiger partial charge in [-0.05, 0) is 24.6 Å². The first-order chi connectivity index (χ1) is 9.66. The van der Waals surface area contributed by atoms with E-state index in [2.05, 4.69) is 15.8 Å². The van der Waals surface area contributed by atoms with Crippen LogP contribution in [0.5, 0.6) is 0 Å². The van der Waals surface area contributed by atoms with Gasteiger partial charge in [-0.3, -0.25) is 0 Å². The maximum absolute atomic E-state index is 13.3. The lowest BCUT2D eigenvalue weighted by molar-refractivity contribution is 0.252. The first-order valence-corrected chi connectivity index (χ1v) is 6.07. The number of amides is 2. The number of nitrogens with one attached hydrogen (secondary N) is 2. The molecular formula is C15H14FN3O. The molecule has 5 heteroatoms. The fourth-order valence-corrected chi connectivity index (χ4v) is 1.60. The van der Waals surface area contributed by atoms with Crippen molar-refractivity contribution in [3.05, 3.63) is 65.5 Å². The number of carbonyl (C=O) groups excluding carboxylic acids is 1. The molecule has 0 heterocycles. The van der Waals surface area contributed by atoms with Crippen molar-refractivity contribution in [3.8, 4) is 0 Å². The predicted octanol–water partition coefficient (Wildman–Crippen LogP) is 3.29. The number of carbonyl (C=O) groups is 1. The van der Waals surface area contributed by atoms with Gasteiger partial charge >= 0.3 is 6.03 Å². The minimum Gasteiger partial charge on any atom is -0.306 e. The van der Waals surface area contributed by atoms with Crippen LogP contribution >= 0.6 is 0 Å². The van der Waals surface area contributed by atoms with Crippen molar-refractivity contribution in [2.24, 2.45) is 5.10 Å². The van der Waals surface area contributed by atoms with Crippen molar-refractivity contribution in [2.75, 3.05) is 5.32 Å². The summed E-state index contributed by atoms with van der Waals surface area (Å²) in [4.78, 5) is 11.6. The second-order valence-corrected chi connectivity index (χ2v) is 4.16. The van der Waals surface area contributed by atoms with E-state index in [0.29, 0.717) is 11.3 Å². The quantitative estimate of drug-likeness (QED) is 0.653. The van der Waals surface area contributed by atoms with Gasteiger partial charge in [0.15, 0.2) is 0 Å². The number of rotatable bonds is 3. The van der Waals surface area contributed by atoms with Gasteiger partial charge in [-0.2, -0.15) is 5.10 Å². The topological polar surface area (TPSA) is 53.5 Å². The van der Waals surface area contributed by atoms with Gasteiger partial charge < -0.3 is 5.32 Å². The van der Waals surface area contributed by atoms with Crippen LogP contribution < -0.4 is 10.7 Å². The zero-order valence-electron chi connectivity index (χ0n) is 10.9. The summed E-state index contributed by atoms with van der Waals surface area (Å²) < 4.78 is 13.3. The highest BCUT2D eigenvalue weighted by Gasteiger charge is 2.02. The predicted molar refractivity (Wildman–Crippen MR) is 77.3 cm³/mol. The Labute approximate surface area is 116 Å². The Balaban J connectivity index is 1.93. The summed E-state index contributed by atoms with van der Waals surface area (Å²) in [6.07, 6.45) is 1.26. The molecule has 0 bridgehead atoms. The van der Waals surface area contributed by atoms with Gasteiger partial charge in [0.1, 0.15) is 5.82 Å². The van der Waals surface area contributed by atoms with Gasteiger partial charge in [-0.15, -0.1) is 0 Å². The summed E-state index contributed by atoms with van der Waals surface area (Å²) in [6.45, 7) is 1.89. The highest BCUT2D eigenvalue weighted by Crippen LogP contribution is 2.12. The second-order valence-electron chi connectivity index (χ2n) is 4.16. The number of benzene rings is 2. The van der Waals surface area contributed by atoms with Crippen molar-refractivity contribution < 1.29 is 9.18 Å². The van der Waals surface area contributed by atoms with E-state index in [1.807, 2.05) is 25.1 Å². The van der Waals surface area contributed by atoms with Crippen molar-refractivity contribution in [3.63, 3.8) is 0 Å². The first kappa shape index (κ1) is 13.7. The van der Waals surface area contributed by atoms with Gasteiger partial charge in [-0.1, -0.05) is 36.4 Å². The molecular weight excluding hydrogens is 257 g/mol. The Kier molecular flexibility index (Phi) is 4.44. The summed E-state index contributed by atoms with van der Waals surface area (Å²) in [5, 5.41) is 6.35. The molecule has 0 aromatic heterocycles. The number of urea groups is 1. The highest BCUT2D eigenvalue weighted by atomic mass is 19.1. The smallest absolute Gasteiger partial charge is 0.306 e. The Morgan fingerprint density at radius 3 is 2.60 bits per heavy atom. The standard InChI is InChI=1S/C15H14FN3O/c1-11-6-2-5-9-14(11)18-15(20)19-17-10-12-7-3-4-8-13(12)16/h2-10H,1H3,(H2,18,19,20)/b17-10-. The van der Waals surface area contributed by atoms with E-state index in [0.717, 1.165) is 5.56 Å². The normalized spacial score (nSPS) is 10.5. The summed E-state index contributed by atoms with van der Waals surface area (Å²) in [7, 11) is 0. The van der Waals surface area contributed by atoms with Crippen molar-refractivity contribution in [2.45, 2.75) is 6.92 Å². The molecule has 0 aliphatic rings. The fourth-order valence-electron chi connectivity index (χ4n) is 1.60. The van der Waals surface area contributed by atoms with Gasteiger partial charge in [0.05, 0.1) is 6.21 Å². The average Bonchev–Trinajstić information content (AvgIpc) is 2.43. The number of halogens is 1. The van der Waals surface area contributed by atoms with E-state index in [-0.39, 0.29) is 0 Å². The van der Waals surface area contributed by atoms with Gasteiger partial charge in [0.2, 0.25) is 0 Å². The van der Waals surface area contributed by atoms with E-state index >= 15 is 0 Å². The Bertz CT molecular complexity index is 641. The minimum atomic E-state index is -0.480. The first-order valence-electron chi connectivity index (χ1n) is 6.07. The number of aryl methyl sites for hydroxylation is 1. The summed E-state index contributed by atoms with van der Waals surface area (Å²) in [6, 6.07) is 13.1. The molecule has 0 atom stereocenters. The van der Waals surface area contributed by atoms with Crippen LogP contribution in [-0.2, 0) is 0 Å². The van der Waals surface area contributed by atoms with Crippen molar-refractivity contribution >= 4 is 17.9 Å². The van der Waals surface area contributed by atoms with E-state index in [1.54, 1.807) is 24.3 Å². The van der Waals surface area contributed by atoms with Gasteiger partial charge in [-0.25, -0.2) is 14.6 Å². The van der Waals surface area contributed by atoms with E-state index in [1.165, 1.54) is 12.3 Å². The minimum absolute atomic E-state index is 0.309. The van der Waals surface area contributed by atoms with Crippen LogP contribution in [0, 0.1) is 12.7 Å². The average molecular weight is 271 g/mol. The van der Waals surface area contributed by atoms with Crippen molar-refractivity contribution in [1.29, 1.82) is 0 Å². The van der Waals surface area contributed by atoms with E-state index in [4.69, 9.17) is 0 Å². The Morgan fingerprint density at radius 2 is 1.85 bits per heavy atom. The molecule has 0 saturated heterocycles. The third kappa shape index (κ3) is 3.65. The molecule has 2 aromatic carbocycles. The number of para-hydroxylation sites is 1. The number of anilines is 1. The molecule has 0 aliphatic carbocycles. The Hall–Kier alpha value is -2.69. The molecule has 0 saturated carbocycles. The summed E-state index contributed by atoms with van der Waals surface area (Å²) in [5.74, 6) is -0.391. The molecule has 2 amide bonds. The lowest BCUT2D eigenvalue weighted by atomic mass is 10.2. The lowest BCUT2D eigenvalue weighted by Crippen LogP contribution is -2.24. The third-order valence-electron chi connectivity index (χ3n) is 2.67. The number of nitrogens with zero attached hydrogens (tertiary/aromatic N) is 1. The van der Waals surface area contributed by atoms with Crippen LogP contribution in [0.2, 0.25) is 0 Å². The largest absolute Gasteiger partial charge is 0.339 e. The monoisotopic (exact) mass is 271 g/mol. The Morgan fingerprint density at radius 1 is 1.15 bits per heavy atom. The lowest BCUT2D eigenvalue weighted by Gasteiger charge is -2.06. The van der Waals surface area contributed by atoms with Crippen LogP contribution in [0.15, 0.2) is 53.6 Å². The summed E-state index contributed by atoms with van der Waals surface area (Å²) >= 11 is 0. The highest BCUT2D eigenvalue weighted by molar-refractivity contribution is 5.91. The van der Waals surface area contributed by atoms with Crippen LogP contribution in [0.1, 0.15) is 11.1 Å². The SMILES string of the molecule is Cc1ccccc1NC(=O)N/N=C\c1ccccc1F. The fraction of sp³-hybridized carbons (Fsp3) is 0.0667. The molecule has 4 nitrogen and oxygen atoms in total. The zero-order chi connectivity index (χ0) is 14.4. The van der Waals surface area contributed by atoms with Crippen LogP contribution in [0.4, 0.5) is 14.9 Å². The summed E-state index contributed by atoms with van der Waals surface area (Å²) in [5.41, 5.74) is 4.24. The molecule has 0 unspecified atom stereocenters. The molecule has 0 spiro atoms. The maximum Gasteiger partial charge on any atom is 0.339 e. The van der Waals surface area contributed by atoms with Gasteiger partial charge in [0, 0.05) is 11.3 Å². The molecule has 0 aliphatic heterocycles. The van der Waals surface area contributed by atoms with E-state index in [9.17, 15) is 9.18 Å². The van der Waals surface area contributed by atoms with Crippen LogP contribution in [0.3, 0.4) is 0 Å². The molecule has 0 fully saturated rings.